The van der Waals surface area contributed by atoms with Crippen LogP contribution in [0.2, 0.25) is 0 Å². The van der Waals surface area contributed by atoms with Gasteiger partial charge in [-0.2, -0.15) is 0 Å². The van der Waals surface area contributed by atoms with Crippen LogP contribution >= 0.6 is 11.8 Å². The second kappa shape index (κ2) is 9.71. The van der Waals surface area contributed by atoms with Gasteiger partial charge in [-0.1, -0.05) is 97.1 Å². The van der Waals surface area contributed by atoms with Crippen molar-refractivity contribution < 1.29 is 14.8 Å². The highest BCUT2D eigenvalue weighted by molar-refractivity contribution is 7.99. The Hall–Kier alpha value is -3.90. The summed E-state index contributed by atoms with van der Waals surface area (Å²) in [6.45, 7) is 0. The van der Waals surface area contributed by atoms with Crippen LogP contribution in [0, 0.1) is 10.1 Å². The van der Waals surface area contributed by atoms with Crippen LogP contribution in [-0.2, 0) is 10.5 Å². The first-order valence-electron chi connectivity index (χ1n) is 10.3. The summed E-state index contributed by atoms with van der Waals surface area (Å²) in [5.41, 5.74) is 3.34. The fourth-order valence-electron chi connectivity index (χ4n) is 3.94. The van der Waals surface area contributed by atoms with E-state index < -0.39 is 15.6 Å². The number of carboxylic acid groups (broad SMARTS) is 1. The van der Waals surface area contributed by atoms with Gasteiger partial charge in [0.1, 0.15) is 0 Å². The van der Waals surface area contributed by atoms with Crippen molar-refractivity contribution in [1.82, 2.24) is 0 Å². The molecule has 0 fully saturated rings. The molecule has 0 unspecified atom stereocenters. The number of nitro benzene ring substituents is 1. The first kappa shape index (κ1) is 22.3. The molecule has 4 aromatic carbocycles. The first-order chi connectivity index (χ1) is 16.0. The molecule has 5 nitrogen and oxygen atoms in total. The maximum Gasteiger partial charge on any atom is 0.335 e. The van der Waals surface area contributed by atoms with Gasteiger partial charge in [0.15, 0.2) is 0 Å². The van der Waals surface area contributed by atoms with Crippen molar-refractivity contribution in [3.63, 3.8) is 0 Å². The molecule has 4 aromatic rings. The van der Waals surface area contributed by atoms with Crippen LogP contribution in [0.25, 0.3) is 0 Å². The van der Waals surface area contributed by atoms with E-state index in [1.54, 1.807) is 17.8 Å². The minimum absolute atomic E-state index is 0.101. The second-order valence-electron chi connectivity index (χ2n) is 7.47. The molecule has 0 heterocycles. The zero-order valence-corrected chi connectivity index (χ0v) is 18.4. The maximum absolute atomic E-state index is 11.7. The molecule has 164 valence electrons. The van der Waals surface area contributed by atoms with Crippen LogP contribution in [0.15, 0.2) is 109 Å². The molecular formula is C27H21NO4S. The van der Waals surface area contributed by atoms with Crippen LogP contribution in [0.3, 0.4) is 0 Å². The fraction of sp³-hybridized carbons (Fsp3) is 0.0741. The number of nitro groups is 1. The number of carboxylic acids is 1. The van der Waals surface area contributed by atoms with Gasteiger partial charge in [-0.25, -0.2) is 4.79 Å². The van der Waals surface area contributed by atoms with E-state index in [1.165, 1.54) is 6.07 Å². The molecule has 4 rings (SSSR count). The summed E-state index contributed by atoms with van der Waals surface area (Å²) in [4.78, 5) is 22.5. The molecule has 0 saturated carbocycles. The Labute approximate surface area is 195 Å². The Kier molecular flexibility index (Phi) is 6.56. The first-order valence-corrected chi connectivity index (χ1v) is 11.3. The Morgan fingerprint density at radius 1 is 0.788 bits per heavy atom. The number of nitrogens with zero attached hydrogens (tertiary/aromatic N) is 1. The maximum atomic E-state index is 11.7. The third-order valence-electron chi connectivity index (χ3n) is 5.51. The number of carbonyl (C=O) groups is 1. The van der Waals surface area contributed by atoms with Crippen LogP contribution in [-0.4, -0.2) is 16.0 Å². The van der Waals surface area contributed by atoms with Crippen molar-refractivity contribution in [2.75, 3.05) is 0 Å². The predicted molar refractivity (Wildman–Crippen MR) is 131 cm³/mol. The minimum atomic E-state index is -1.19. The lowest BCUT2D eigenvalue weighted by Gasteiger charge is -2.35. The summed E-state index contributed by atoms with van der Waals surface area (Å²) in [5, 5.41) is 21.0. The highest BCUT2D eigenvalue weighted by Gasteiger charge is 2.37. The van der Waals surface area contributed by atoms with Crippen LogP contribution in [0.4, 0.5) is 5.69 Å². The third-order valence-corrected chi connectivity index (χ3v) is 7.11. The quantitative estimate of drug-likeness (QED) is 0.186. The number of hydrogen-bond donors (Lipinski definition) is 1. The number of hydrogen-bond acceptors (Lipinski definition) is 4. The van der Waals surface area contributed by atoms with E-state index in [0.29, 0.717) is 11.3 Å². The Balaban J connectivity index is 1.87. The van der Waals surface area contributed by atoms with Gasteiger partial charge in [-0.05, 0) is 22.8 Å². The van der Waals surface area contributed by atoms with Crippen molar-refractivity contribution in [3.8, 4) is 0 Å². The summed E-state index contributed by atoms with van der Waals surface area (Å²) in [6, 6.07) is 34.3. The van der Waals surface area contributed by atoms with Gasteiger partial charge in [0, 0.05) is 17.4 Å². The highest BCUT2D eigenvalue weighted by atomic mass is 32.2. The van der Waals surface area contributed by atoms with Crippen LogP contribution in [0.5, 0.6) is 0 Å². The lowest BCUT2D eigenvalue weighted by molar-refractivity contribution is -0.385. The molecule has 0 bridgehead atoms. The molecule has 0 amide bonds. The van der Waals surface area contributed by atoms with E-state index in [9.17, 15) is 20.0 Å². The van der Waals surface area contributed by atoms with Gasteiger partial charge < -0.3 is 5.11 Å². The number of thioether (sulfide) groups is 1. The summed E-state index contributed by atoms with van der Waals surface area (Å²) < 4.78 is -0.622. The molecule has 1 N–H and O–H groups in total. The van der Waals surface area contributed by atoms with Crippen molar-refractivity contribution in [1.29, 1.82) is 0 Å². The smallest absolute Gasteiger partial charge is 0.335 e. The van der Waals surface area contributed by atoms with Gasteiger partial charge in [0.2, 0.25) is 0 Å². The minimum Gasteiger partial charge on any atom is -0.478 e. The lowest BCUT2D eigenvalue weighted by atomic mass is 9.84. The molecule has 0 aromatic heterocycles. The van der Waals surface area contributed by atoms with E-state index in [2.05, 4.69) is 36.4 Å². The van der Waals surface area contributed by atoms with Gasteiger partial charge in [-0.3, -0.25) is 10.1 Å². The molecule has 33 heavy (non-hydrogen) atoms. The Bertz CT molecular complexity index is 1160. The van der Waals surface area contributed by atoms with Crippen molar-refractivity contribution in [2.45, 2.75) is 10.5 Å². The van der Waals surface area contributed by atoms with Crippen LogP contribution in [0.1, 0.15) is 32.6 Å². The van der Waals surface area contributed by atoms with Crippen molar-refractivity contribution >= 4 is 23.4 Å². The monoisotopic (exact) mass is 455 g/mol. The molecule has 0 radical (unpaired) electrons. The highest BCUT2D eigenvalue weighted by Crippen LogP contribution is 2.50. The molecule has 0 aliphatic rings. The SMILES string of the molecule is O=C(O)c1ccc(CSC(c2ccccc2)(c2ccccc2)c2ccccc2)c([N+](=O)[O-])c1. The fourth-order valence-corrected chi connectivity index (χ4v) is 5.47. The van der Waals surface area contributed by atoms with E-state index in [4.69, 9.17) is 0 Å². The average Bonchev–Trinajstić information content (AvgIpc) is 2.86. The largest absolute Gasteiger partial charge is 0.478 e. The number of rotatable bonds is 8. The Morgan fingerprint density at radius 3 is 1.64 bits per heavy atom. The number of benzene rings is 4. The van der Waals surface area contributed by atoms with E-state index >= 15 is 0 Å². The van der Waals surface area contributed by atoms with Gasteiger partial charge in [-0.15, -0.1) is 11.8 Å². The molecule has 6 heteroatoms. The average molecular weight is 456 g/mol. The van der Waals surface area contributed by atoms with E-state index in [0.717, 1.165) is 22.8 Å². The normalized spacial score (nSPS) is 11.2. The molecular weight excluding hydrogens is 434 g/mol. The molecule has 0 aliphatic carbocycles. The van der Waals surface area contributed by atoms with Crippen LogP contribution < -0.4 is 0 Å². The molecule has 0 atom stereocenters. The predicted octanol–water partition coefficient (Wildman–Crippen LogP) is 6.52. The van der Waals surface area contributed by atoms with Crippen molar-refractivity contribution in [3.05, 3.63) is 147 Å². The summed E-state index contributed by atoms with van der Waals surface area (Å²) >= 11 is 1.58. The zero-order valence-electron chi connectivity index (χ0n) is 17.6. The topological polar surface area (TPSA) is 80.4 Å². The van der Waals surface area contributed by atoms with Gasteiger partial charge in [0.05, 0.1) is 15.2 Å². The van der Waals surface area contributed by atoms with Crippen molar-refractivity contribution in [2.24, 2.45) is 0 Å². The summed E-state index contributed by atoms with van der Waals surface area (Å²) in [5.74, 6) is -0.876. The van der Waals surface area contributed by atoms with E-state index in [-0.39, 0.29) is 11.3 Å². The van der Waals surface area contributed by atoms with Gasteiger partial charge >= 0.3 is 5.97 Å². The standard InChI is InChI=1S/C27H21NO4S/c29-26(30)20-16-17-21(25(18-20)28(31)32)19-33-27(22-10-4-1-5-11-22,23-12-6-2-7-13-23)24-14-8-3-9-15-24/h1-18H,19H2,(H,29,30). The van der Waals surface area contributed by atoms with E-state index in [1.807, 2.05) is 54.6 Å². The Morgan fingerprint density at radius 2 is 1.24 bits per heavy atom. The molecule has 0 spiro atoms. The summed E-state index contributed by atoms with van der Waals surface area (Å²) in [6.07, 6.45) is 0. The number of aromatic carboxylic acids is 1. The zero-order chi connectivity index (χ0) is 23.3. The molecule has 0 saturated heterocycles. The second-order valence-corrected chi connectivity index (χ2v) is 8.66. The third kappa shape index (κ3) is 4.52. The molecule has 0 aliphatic heterocycles. The van der Waals surface area contributed by atoms with Gasteiger partial charge in [0.25, 0.3) is 5.69 Å². The lowest BCUT2D eigenvalue weighted by Crippen LogP contribution is -2.25. The summed E-state index contributed by atoms with van der Waals surface area (Å²) in [7, 11) is 0.